The number of carboxylic acid groups (broad SMARTS) is 2. The molecule has 0 spiro atoms. The predicted octanol–water partition coefficient (Wildman–Crippen LogP) is 3.66. The van der Waals surface area contributed by atoms with Gasteiger partial charge < -0.3 is 15.5 Å². The van der Waals surface area contributed by atoms with Gasteiger partial charge in [0.2, 0.25) is 5.91 Å². The number of hydrogen-bond acceptors (Lipinski definition) is 4. The first-order valence-corrected chi connectivity index (χ1v) is 11.0. The Morgan fingerprint density at radius 2 is 1.43 bits per heavy atom. The van der Waals surface area contributed by atoms with Crippen LogP contribution >= 0.6 is 11.8 Å². The molecule has 0 aliphatic rings. The van der Waals surface area contributed by atoms with E-state index >= 15 is 0 Å². The molecule has 0 saturated carbocycles. The van der Waals surface area contributed by atoms with Gasteiger partial charge in [0.05, 0.1) is 6.42 Å². The summed E-state index contributed by atoms with van der Waals surface area (Å²) in [5.41, 5.74) is 4.00. The Morgan fingerprint density at radius 3 is 1.97 bits per heavy atom. The van der Waals surface area contributed by atoms with Gasteiger partial charge in [-0.15, -0.1) is 0 Å². The van der Waals surface area contributed by atoms with Crippen LogP contribution < -0.4 is 5.32 Å². The van der Waals surface area contributed by atoms with E-state index in [1.54, 1.807) is 0 Å². The fourth-order valence-electron chi connectivity index (χ4n) is 2.39. The molecular formula is C22H37CaNO5S. The molecule has 0 unspecified atom stereocenters. The van der Waals surface area contributed by atoms with Gasteiger partial charge in [-0.25, -0.2) is 4.79 Å². The summed E-state index contributed by atoms with van der Waals surface area (Å²) >= 11 is 1.43. The number of hydrogen-bond donors (Lipinski definition) is 3. The Hall–Kier alpha value is -0.760. The third-order valence-corrected chi connectivity index (χ3v) is 5.13. The van der Waals surface area contributed by atoms with Crippen molar-refractivity contribution in [3.05, 3.63) is 34.9 Å². The summed E-state index contributed by atoms with van der Waals surface area (Å²) in [5.74, 6) is -1.85. The summed E-state index contributed by atoms with van der Waals surface area (Å²) in [5, 5.41) is 20.1. The summed E-state index contributed by atoms with van der Waals surface area (Å²) in [7, 11) is 0. The molecule has 0 saturated heterocycles. The van der Waals surface area contributed by atoms with E-state index in [0.29, 0.717) is 5.75 Å². The summed E-state index contributed by atoms with van der Waals surface area (Å²) in [6, 6.07) is -1.01. The zero-order valence-corrected chi connectivity index (χ0v) is 18.8. The Morgan fingerprint density at radius 1 is 0.867 bits per heavy atom. The second-order valence-electron chi connectivity index (χ2n) is 7.35. The van der Waals surface area contributed by atoms with Gasteiger partial charge in [0.15, 0.2) is 0 Å². The van der Waals surface area contributed by atoms with Crippen LogP contribution in [0, 0.1) is 0 Å². The molecule has 1 amide bonds. The minimum absolute atomic E-state index is 0. The molecule has 0 radical (unpaired) electrons. The maximum atomic E-state index is 11.6. The van der Waals surface area contributed by atoms with E-state index in [2.05, 4.69) is 51.2 Å². The molecule has 3 N–H and O–H groups in total. The summed E-state index contributed by atoms with van der Waals surface area (Å²) in [4.78, 5) is 33.3. The summed E-state index contributed by atoms with van der Waals surface area (Å²) in [6.45, 7) is 8.44. The van der Waals surface area contributed by atoms with Crippen molar-refractivity contribution in [2.75, 3.05) is 11.5 Å². The Labute approximate surface area is 214 Å². The number of thioether (sulfide) groups is 1. The van der Waals surface area contributed by atoms with Gasteiger partial charge in [-0.05, 0) is 53.4 Å². The van der Waals surface area contributed by atoms with Crippen LogP contribution in [0.1, 0.15) is 66.2 Å². The predicted molar refractivity (Wildman–Crippen MR) is 128 cm³/mol. The van der Waals surface area contributed by atoms with Crippen LogP contribution in [0.15, 0.2) is 34.9 Å². The van der Waals surface area contributed by atoms with Crippen molar-refractivity contribution in [1.29, 1.82) is 0 Å². The molecule has 0 aromatic carbocycles. The topological polar surface area (TPSA) is 104 Å². The van der Waals surface area contributed by atoms with Gasteiger partial charge in [-0.1, -0.05) is 34.9 Å². The zero-order chi connectivity index (χ0) is 22.2. The van der Waals surface area contributed by atoms with E-state index in [-0.39, 0.29) is 56.3 Å². The number of carbonyl (C=O) groups excluding carboxylic acids is 1. The maximum absolute atomic E-state index is 11.6. The van der Waals surface area contributed by atoms with Crippen molar-refractivity contribution < 1.29 is 24.6 Å². The monoisotopic (exact) mass is 467 g/mol. The van der Waals surface area contributed by atoms with Gasteiger partial charge in [-0.2, -0.15) is 11.8 Å². The molecule has 0 aromatic rings. The molecular weight excluding hydrogens is 430 g/mol. The fourth-order valence-corrected chi connectivity index (χ4v) is 3.39. The van der Waals surface area contributed by atoms with E-state index in [1.165, 1.54) is 28.5 Å². The van der Waals surface area contributed by atoms with Crippen LogP contribution in [-0.2, 0) is 14.4 Å². The second kappa shape index (κ2) is 19.0. The van der Waals surface area contributed by atoms with Crippen molar-refractivity contribution in [2.24, 2.45) is 0 Å². The van der Waals surface area contributed by atoms with Gasteiger partial charge >= 0.3 is 49.7 Å². The molecule has 8 heteroatoms. The normalized spacial score (nSPS) is 12.5. The molecule has 0 rings (SSSR count). The number of aliphatic carboxylic acids is 2. The van der Waals surface area contributed by atoms with E-state index < -0.39 is 23.9 Å². The van der Waals surface area contributed by atoms with Gasteiger partial charge in [0, 0.05) is 17.9 Å². The minimum atomic E-state index is -1.12. The molecule has 1 atom stereocenters. The number of carboxylic acids is 2. The van der Waals surface area contributed by atoms with Gasteiger partial charge in [0.25, 0.3) is 0 Å². The third-order valence-electron chi connectivity index (χ3n) is 4.16. The molecule has 0 fully saturated rings. The SMILES string of the molecule is CC(C)=CCC/C(C)=C/CC/C(C)=C/CSC[C@H](NC(=O)CCC(=O)O)C(=O)O.[CaH2]. The molecule has 0 heterocycles. The zero-order valence-electron chi connectivity index (χ0n) is 18.0. The molecule has 30 heavy (non-hydrogen) atoms. The summed E-state index contributed by atoms with van der Waals surface area (Å²) < 4.78 is 0. The summed E-state index contributed by atoms with van der Waals surface area (Å²) in [6.07, 6.45) is 10.2. The first-order chi connectivity index (χ1) is 13.6. The van der Waals surface area contributed by atoms with Crippen LogP contribution in [0.5, 0.6) is 0 Å². The first kappa shape index (κ1) is 31.4. The van der Waals surface area contributed by atoms with Gasteiger partial charge in [0.1, 0.15) is 6.04 Å². The Kier molecular flexibility index (Phi) is 19.9. The van der Waals surface area contributed by atoms with Crippen molar-refractivity contribution >= 4 is 67.3 Å². The van der Waals surface area contributed by atoms with E-state index in [1.807, 2.05) is 0 Å². The van der Waals surface area contributed by atoms with E-state index in [9.17, 15) is 19.5 Å². The van der Waals surface area contributed by atoms with E-state index in [4.69, 9.17) is 5.11 Å². The number of nitrogens with one attached hydrogen (secondary N) is 1. The molecule has 0 aliphatic carbocycles. The van der Waals surface area contributed by atoms with Crippen LogP contribution in [-0.4, -0.2) is 83.3 Å². The van der Waals surface area contributed by atoms with Crippen molar-refractivity contribution in [2.45, 2.75) is 72.3 Å². The standard InChI is InChI=1S/C22H35NO5S.Ca.2H/c1-16(2)7-5-8-17(3)9-6-10-18(4)13-14-29-15-19(22(27)28)23-20(24)11-12-21(25)26;;;/h7,9,13,19H,5-6,8,10-12,14-15H2,1-4H3,(H,23,24)(H,25,26)(H,27,28);;;/b17-9+,18-13+;;;/t19-;;;/m0.../s1. The number of amides is 1. The second-order valence-corrected chi connectivity index (χ2v) is 8.42. The molecule has 0 bridgehead atoms. The van der Waals surface area contributed by atoms with Crippen LogP contribution in [0.4, 0.5) is 0 Å². The number of allylic oxidation sites excluding steroid dienone is 5. The van der Waals surface area contributed by atoms with Crippen molar-refractivity contribution in [3.63, 3.8) is 0 Å². The van der Waals surface area contributed by atoms with Gasteiger partial charge in [-0.3, -0.25) is 9.59 Å². The third kappa shape index (κ3) is 19.2. The molecule has 6 nitrogen and oxygen atoms in total. The number of carbonyl (C=O) groups is 3. The van der Waals surface area contributed by atoms with E-state index in [0.717, 1.165) is 25.7 Å². The first-order valence-electron chi connectivity index (χ1n) is 9.88. The molecule has 0 aromatic heterocycles. The average molecular weight is 468 g/mol. The Balaban J connectivity index is 0. The quantitative estimate of drug-likeness (QED) is 0.193. The molecule has 0 aliphatic heterocycles. The fraction of sp³-hybridized carbons (Fsp3) is 0.591. The van der Waals surface area contributed by atoms with Crippen LogP contribution in [0.2, 0.25) is 0 Å². The molecule has 168 valence electrons. The van der Waals surface area contributed by atoms with Crippen LogP contribution in [0.3, 0.4) is 0 Å². The van der Waals surface area contributed by atoms with Crippen molar-refractivity contribution in [1.82, 2.24) is 5.32 Å². The Bertz CT molecular complexity index is 639. The van der Waals surface area contributed by atoms with Crippen LogP contribution in [0.25, 0.3) is 0 Å². The number of rotatable bonds is 15. The van der Waals surface area contributed by atoms with Crippen molar-refractivity contribution in [3.8, 4) is 0 Å². The average Bonchev–Trinajstić information content (AvgIpc) is 2.61.